The second kappa shape index (κ2) is 5.92. The van der Waals surface area contributed by atoms with Gasteiger partial charge in [0.25, 0.3) is 0 Å². The molecule has 1 aliphatic rings. The number of hydrogen-bond donors (Lipinski definition) is 2. The van der Waals surface area contributed by atoms with E-state index < -0.39 is 0 Å². The number of hydrogen-bond acceptors (Lipinski definition) is 6. The second-order valence-electron chi connectivity index (χ2n) is 5.83. The maximum absolute atomic E-state index is 10.1. The van der Waals surface area contributed by atoms with Crippen LogP contribution in [0.2, 0.25) is 0 Å². The molecule has 2 aromatic heterocycles. The summed E-state index contributed by atoms with van der Waals surface area (Å²) in [5.41, 5.74) is 1.72. The van der Waals surface area contributed by atoms with Gasteiger partial charge in [-0.3, -0.25) is 0 Å². The van der Waals surface area contributed by atoms with Crippen molar-refractivity contribution in [2.24, 2.45) is 0 Å². The molecule has 1 aliphatic carbocycles. The molecule has 2 heterocycles. The highest BCUT2D eigenvalue weighted by Gasteiger charge is 2.23. The third-order valence-corrected chi connectivity index (χ3v) is 4.25. The van der Waals surface area contributed by atoms with E-state index in [1.807, 2.05) is 24.3 Å². The number of para-hydroxylation sites is 1. The van der Waals surface area contributed by atoms with Gasteiger partial charge in [0.15, 0.2) is 5.82 Å². The van der Waals surface area contributed by atoms with Gasteiger partial charge in [-0.2, -0.15) is 9.67 Å². The number of benzene rings is 1. The Balaban J connectivity index is 1.63. The molecule has 1 fully saturated rings. The Labute approximate surface area is 133 Å². The molecule has 0 bridgehead atoms. The molecule has 0 spiro atoms. The number of anilines is 1. The molecule has 1 saturated carbocycles. The first-order valence-electron chi connectivity index (χ1n) is 7.90. The summed E-state index contributed by atoms with van der Waals surface area (Å²) in [5, 5.41) is 21.6. The Hall–Kier alpha value is -2.54. The van der Waals surface area contributed by atoms with Crippen molar-refractivity contribution < 1.29 is 5.11 Å². The zero-order valence-corrected chi connectivity index (χ0v) is 12.6. The van der Waals surface area contributed by atoms with E-state index in [9.17, 15) is 5.11 Å². The van der Waals surface area contributed by atoms with Gasteiger partial charge >= 0.3 is 0 Å². The van der Waals surface area contributed by atoms with Gasteiger partial charge in [-0.05, 0) is 25.0 Å². The van der Waals surface area contributed by atoms with Gasteiger partial charge in [-0.25, -0.2) is 4.98 Å². The van der Waals surface area contributed by atoms with Crippen molar-refractivity contribution in [2.45, 2.75) is 37.8 Å². The molecule has 7 heteroatoms. The Bertz CT molecular complexity index is 817. The first-order valence-corrected chi connectivity index (χ1v) is 7.90. The minimum atomic E-state index is -0.344. The van der Waals surface area contributed by atoms with E-state index in [0.29, 0.717) is 11.8 Å². The quantitative estimate of drug-likeness (QED) is 0.768. The highest BCUT2D eigenvalue weighted by atomic mass is 16.3. The third-order valence-electron chi connectivity index (χ3n) is 4.25. The molecule has 0 saturated heterocycles. The van der Waals surface area contributed by atoms with E-state index in [-0.39, 0.29) is 12.1 Å². The zero-order chi connectivity index (χ0) is 15.6. The van der Waals surface area contributed by atoms with E-state index in [1.165, 1.54) is 0 Å². The largest absolute Gasteiger partial charge is 0.391 e. The van der Waals surface area contributed by atoms with Crippen molar-refractivity contribution in [2.75, 3.05) is 5.32 Å². The van der Waals surface area contributed by atoms with E-state index in [1.54, 1.807) is 16.9 Å². The molecule has 2 N–H and O–H groups in total. The lowest BCUT2D eigenvalue weighted by molar-refractivity contribution is 0.116. The molecular formula is C16H18N6O. The van der Waals surface area contributed by atoms with Gasteiger partial charge in [0.2, 0.25) is 5.95 Å². The van der Waals surface area contributed by atoms with Crippen molar-refractivity contribution in [3.05, 3.63) is 36.5 Å². The van der Waals surface area contributed by atoms with Gasteiger partial charge in [0.05, 0.1) is 17.7 Å². The highest BCUT2D eigenvalue weighted by molar-refractivity contribution is 5.75. The van der Waals surface area contributed by atoms with Crippen LogP contribution in [0.5, 0.6) is 0 Å². The van der Waals surface area contributed by atoms with Crippen LogP contribution in [0.15, 0.2) is 36.5 Å². The molecule has 3 aromatic rings. The van der Waals surface area contributed by atoms with E-state index in [0.717, 1.165) is 36.7 Å². The molecule has 1 unspecified atom stereocenters. The lowest BCUT2D eigenvalue weighted by atomic mass is 9.93. The van der Waals surface area contributed by atoms with Gasteiger partial charge in [-0.15, -0.1) is 5.10 Å². The first-order chi connectivity index (χ1) is 11.3. The van der Waals surface area contributed by atoms with Crippen LogP contribution < -0.4 is 5.32 Å². The Morgan fingerprint density at radius 3 is 2.91 bits per heavy atom. The lowest BCUT2D eigenvalue weighted by Crippen LogP contribution is -2.36. The van der Waals surface area contributed by atoms with Gasteiger partial charge < -0.3 is 10.4 Å². The van der Waals surface area contributed by atoms with Crippen molar-refractivity contribution >= 4 is 17.0 Å². The number of rotatable bonds is 3. The van der Waals surface area contributed by atoms with Gasteiger partial charge in [0.1, 0.15) is 5.52 Å². The van der Waals surface area contributed by atoms with Crippen LogP contribution in [0.3, 0.4) is 0 Å². The second-order valence-corrected chi connectivity index (χ2v) is 5.83. The Morgan fingerprint density at radius 2 is 2.00 bits per heavy atom. The number of fused-ring (bicyclic) bond motifs is 1. The maximum Gasteiger partial charge on any atom is 0.224 e. The molecule has 1 aromatic carbocycles. The van der Waals surface area contributed by atoms with Crippen molar-refractivity contribution in [3.8, 4) is 5.82 Å². The summed E-state index contributed by atoms with van der Waals surface area (Å²) in [6.07, 6.45) is 5.29. The van der Waals surface area contributed by atoms with E-state index in [4.69, 9.17) is 0 Å². The zero-order valence-electron chi connectivity index (χ0n) is 12.6. The molecule has 7 nitrogen and oxygen atoms in total. The lowest BCUT2D eigenvalue weighted by Gasteiger charge is -2.28. The highest BCUT2D eigenvalue weighted by Crippen LogP contribution is 2.21. The third kappa shape index (κ3) is 2.75. The number of aliphatic hydroxyl groups excluding tert-OH is 1. The van der Waals surface area contributed by atoms with Crippen LogP contribution in [0, 0.1) is 0 Å². The van der Waals surface area contributed by atoms with Crippen LogP contribution in [0.4, 0.5) is 5.95 Å². The van der Waals surface area contributed by atoms with Crippen molar-refractivity contribution in [1.29, 1.82) is 0 Å². The van der Waals surface area contributed by atoms with Crippen LogP contribution in [-0.4, -0.2) is 42.2 Å². The molecule has 23 heavy (non-hydrogen) atoms. The van der Waals surface area contributed by atoms with Crippen LogP contribution in [-0.2, 0) is 0 Å². The summed E-state index contributed by atoms with van der Waals surface area (Å²) >= 11 is 0. The molecule has 0 aliphatic heterocycles. The minimum Gasteiger partial charge on any atom is -0.391 e. The average molecular weight is 310 g/mol. The molecule has 0 radical (unpaired) electrons. The van der Waals surface area contributed by atoms with E-state index in [2.05, 4.69) is 25.6 Å². The molecule has 4 rings (SSSR count). The molecule has 0 amide bonds. The van der Waals surface area contributed by atoms with Crippen LogP contribution in [0.25, 0.3) is 16.9 Å². The predicted octanol–water partition coefficient (Wildman–Crippen LogP) is 1.93. The summed E-state index contributed by atoms with van der Waals surface area (Å²) < 4.78 is 1.69. The Morgan fingerprint density at radius 1 is 1.13 bits per heavy atom. The summed E-state index contributed by atoms with van der Waals surface area (Å²) in [5.74, 6) is 1.16. The monoisotopic (exact) mass is 310 g/mol. The molecule has 118 valence electrons. The maximum atomic E-state index is 10.1. The summed E-state index contributed by atoms with van der Waals surface area (Å²) in [6, 6.07) is 9.54. The number of aliphatic hydroxyl groups is 1. The van der Waals surface area contributed by atoms with Crippen molar-refractivity contribution in [3.63, 3.8) is 0 Å². The SMILES string of the molecule is O[C@H]1CCCCC1Nc1nccc(-n2nnc3ccccc32)n1. The predicted molar refractivity (Wildman–Crippen MR) is 86.3 cm³/mol. The fourth-order valence-electron chi connectivity index (χ4n) is 3.02. The summed E-state index contributed by atoms with van der Waals surface area (Å²) in [6.45, 7) is 0. The van der Waals surface area contributed by atoms with Crippen LogP contribution >= 0.6 is 0 Å². The normalized spacial score (nSPS) is 21.4. The Kier molecular flexibility index (Phi) is 3.63. The summed E-state index contributed by atoms with van der Waals surface area (Å²) in [7, 11) is 0. The minimum absolute atomic E-state index is 0.00601. The van der Waals surface area contributed by atoms with Crippen LogP contribution in [0.1, 0.15) is 25.7 Å². The topological polar surface area (TPSA) is 88.8 Å². The fraction of sp³-hybridized carbons (Fsp3) is 0.375. The standard InChI is InChI=1S/C16H18N6O/c23-14-8-4-2-6-12(14)18-16-17-10-9-15(19-16)22-13-7-3-1-5-11(13)20-21-22/h1,3,5,7,9-10,12,14,23H,2,4,6,8H2,(H,17,18,19)/t12?,14-/m0/s1. The first kappa shape index (κ1) is 14.1. The molecular weight excluding hydrogens is 292 g/mol. The van der Waals surface area contributed by atoms with Crippen molar-refractivity contribution in [1.82, 2.24) is 25.0 Å². The summed E-state index contributed by atoms with van der Waals surface area (Å²) in [4.78, 5) is 8.78. The van der Waals surface area contributed by atoms with E-state index >= 15 is 0 Å². The fourth-order valence-corrected chi connectivity index (χ4v) is 3.02. The van der Waals surface area contributed by atoms with Gasteiger partial charge in [0, 0.05) is 12.3 Å². The average Bonchev–Trinajstić information content (AvgIpc) is 3.01. The number of nitrogens with one attached hydrogen (secondary N) is 1. The van der Waals surface area contributed by atoms with Gasteiger partial charge in [-0.1, -0.05) is 30.2 Å². The molecule has 2 atom stereocenters. The smallest absolute Gasteiger partial charge is 0.224 e. The number of aromatic nitrogens is 5. The number of nitrogens with zero attached hydrogens (tertiary/aromatic N) is 5.